The minimum absolute atomic E-state index is 0.309. The Morgan fingerprint density at radius 2 is 1.65 bits per heavy atom. The molecule has 0 aliphatic rings. The first kappa shape index (κ1) is 18.8. The third kappa shape index (κ3) is 4.97. The van der Waals surface area contributed by atoms with E-state index >= 15 is 0 Å². The van der Waals surface area contributed by atoms with Gasteiger partial charge in [-0.3, -0.25) is 9.59 Å². The van der Waals surface area contributed by atoms with Gasteiger partial charge in [-0.1, -0.05) is 12.1 Å². The number of ether oxygens (including phenoxy) is 3. The Morgan fingerprint density at radius 3 is 2.35 bits per heavy atom. The van der Waals surface area contributed by atoms with E-state index in [9.17, 15) is 9.59 Å². The second kappa shape index (κ2) is 9.07. The molecule has 0 heterocycles. The Hall–Kier alpha value is -3.55. The van der Waals surface area contributed by atoms with E-state index in [1.54, 1.807) is 49.6 Å². The van der Waals surface area contributed by atoms with Gasteiger partial charge in [-0.15, -0.1) is 0 Å². The smallest absolute Gasteiger partial charge is 0.329 e. The lowest BCUT2D eigenvalue weighted by atomic mass is 10.2. The van der Waals surface area contributed by atoms with E-state index in [2.05, 4.69) is 15.8 Å². The molecule has 0 saturated heterocycles. The maximum absolute atomic E-state index is 12.0. The molecule has 2 rings (SSSR count). The molecule has 136 valence electrons. The monoisotopic (exact) mass is 357 g/mol. The number of carbonyl (C=O) groups excluding carboxylic acids is 2. The predicted molar refractivity (Wildman–Crippen MR) is 96.9 cm³/mol. The van der Waals surface area contributed by atoms with E-state index in [0.29, 0.717) is 28.5 Å². The molecular formula is C18H19N3O5. The SMILES string of the molecule is COc1cccc(C=NNC(=O)C(=O)Nc2cc(OC)ccc2OC)c1. The van der Waals surface area contributed by atoms with Gasteiger partial charge in [0.15, 0.2) is 0 Å². The fraction of sp³-hybridized carbons (Fsp3) is 0.167. The van der Waals surface area contributed by atoms with E-state index in [1.807, 2.05) is 0 Å². The van der Waals surface area contributed by atoms with Crippen molar-refractivity contribution >= 4 is 23.7 Å². The number of carbonyl (C=O) groups is 2. The number of rotatable bonds is 6. The quantitative estimate of drug-likeness (QED) is 0.467. The lowest BCUT2D eigenvalue weighted by Crippen LogP contribution is -2.32. The summed E-state index contributed by atoms with van der Waals surface area (Å²) in [6.45, 7) is 0. The fourth-order valence-corrected chi connectivity index (χ4v) is 2.03. The average molecular weight is 357 g/mol. The van der Waals surface area contributed by atoms with Crippen LogP contribution in [0.2, 0.25) is 0 Å². The van der Waals surface area contributed by atoms with Crippen molar-refractivity contribution in [2.75, 3.05) is 26.6 Å². The largest absolute Gasteiger partial charge is 0.497 e. The number of benzene rings is 2. The van der Waals surface area contributed by atoms with Crippen LogP contribution in [0.3, 0.4) is 0 Å². The van der Waals surface area contributed by atoms with Crippen LogP contribution in [-0.4, -0.2) is 39.4 Å². The summed E-state index contributed by atoms with van der Waals surface area (Å²) in [5.41, 5.74) is 3.18. The van der Waals surface area contributed by atoms with Crippen molar-refractivity contribution in [2.45, 2.75) is 0 Å². The highest BCUT2D eigenvalue weighted by molar-refractivity contribution is 6.39. The molecule has 8 nitrogen and oxygen atoms in total. The number of hydrogen-bond donors (Lipinski definition) is 2. The number of hydrazone groups is 1. The number of hydrogen-bond acceptors (Lipinski definition) is 6. The van der Waals surface area contributed by atoms with Crippen LogP contribution in [0.4, 0.5) is 5.69 Å². The van der Waals surface area contributed by atoms with Crippen LogP contribution < -0.4 is 25.0 Å². The Bertz CT molecular complexity index is 820. The number of nitrogens with one attached hydrogen (secondary N) is 2. The van der Waals surface area contributed by atoms with E-state index in [-0.39, 0.29) is 0 Å². The lowest BCUT2D eigenvalue weighted by Gasteiger charge is -2.11. The Kier molecular flexibility index (Phi) is 6.55. The maximum atomic E-state index is 12.0. The highest BCUT2D eigenvalue weighted by Gasteiger charge is 2.16. The molecule has 8 heteroatoms. The van der Waals surface area contributed by atoms with E-state index < -0.39 is 11.8 Å². The number of amides is 2. The highest BCUT2D eigenvalue weighted by Crippen LogP contribution is 2.28. The van der Waals surface area contributed by atoms with E-state index in [0.717, 1.165) is 0 Å². The summed E-state index contributed by atoms with van der Waals surface area (Å²) >= 11 is 0. The zero-order valence-electron chi connectivity index (χ0n) is 14.6. The summed E-state index contributed by atoms with van der Waals surface area (Å²) in [6, 6.07) is 11.9. The van der Waals surface area contributed by atoms with Gasteiger partial charge in [0.25, 0.3) is 0 Å². The van der Waals surface area contributed by atoms with Gasteiger partial charge in [-0.25, -0.2) is 5.43 Å². The summed E-state index contributed by atoms with van der Waals surface area (Å²) in [6.07, 6.45) is 1.40. The second-order valence-electron chi connectivity index (χ2n) is 5.00. The van der Waals surface area contributed by atoms with Crippen LogP contribution in [0.15, 0.2) is 47.6 Å². The van der Waals surface area contributed by atoms with Crippen LogP contribution in [0.1, 0.15) is 5.56 Å². The third-order valence-corrected chi connectivity index (χ3v) is 3.33. The molecule has 0 aliphatic heterocycles. The molecule has 2 aromatic carbocycles. The molecular weight excluding hydrogens is 338 g/mol. The predicted octanol–water partition coefficient (Wildman–Crippen LogP) is 1.80. The van der Waals surface area contributed by atoms with Gasteiger partial charge in [-0.05, 0) is 29.8 Å². The zero-order chi connectivity index (χ0) is 18.9. The molecule has 2 N–H and O–H groups in total. The van der Waals surface area contributed by atoms with E-state index in [4.69, 9.17) is 14.2 Å². The summed E-state index contributed by atoms with van der Waals surface area (Å²) in [7, 11) is 4.50. The minimum Gasteiger partial charge on any atom is -0.497 e. The van der Waals surface area contributed by atoms with Crippen molar-refractivity contribution < 1.29 is 23.8 Å². The highest BCUT2D eigenvalue weighted by atomic mass is 16.5. The molecule has 0 fully saturated rings. The average Bonchev–Trinajstić information content (AvgIpc) is 2.67. The van der Waals surface area contributed by atoms with Gasteiger partial charge in [0, 0.05) is 6.07 Å². The molecule has 0 unspecified atom stereocenters. The van der Waals surface area contributed by atoms with Gasteiger partial charge in [0.1, 0.15) is 17.2 Å². The van der Waals surface area contributed by atoms with E-state index in [1.165, 1.54) is 20.4 Å². The van der Waals surface area contributed by atoms with Gasteiger partial charge in [0.05, 0.1) is 33.2 Å². The maximum Gasteiger partial charge on any atom is 0.329 e. The molecule has 0 radical (unpaired) electrons. The Balaban J connectivity index is 1.99. The van der Waals surface area contributed by atoms with Crippen molar-refractivity contribution in [3.8, 4) is 17.2 Å². The van der Waals surface area contributed by atoms with Gasteiger partial charge in [0.2, 0.25) is 0 Å². The van der Waals surface area contributed by atoms with Crippen LogP contribution in [0, 0.1) is 0 Å². The summed E-state index contributed by atoms with van der Waals surface area (Å²) in [5, 5.41) is 6.21. The summed E-state index contributed by atoms with van der Waals surface area (Å²) in [5.74, 6) is -0.249. The molecule has 0 aromatic heterocycles. The van der Waals surface area contributed by atoms with Crippen molar-refractivity contribution in [2.24, 2.45) is 5.10 Å². The minimum atomic E-state index is -0.922. The topological polar surface area (TPSA) is 98.2 Å². The normalized spacial score (nSPS) is 10.3. The van der Waals surface area contributed by atoms with Crippen molar-refractivity contribution in [1.29, 1.82) is 0 Å². The van der Waals surface area contributed by atoms with Crippen molar-refractivity contribution in [1.82, 2.24) is 5.43 Å². The number of nitrogens with zero attached hydrogens (tertiary/aromatic N) is 1. The molecule has 0 atom stereocenters. The number of methoxy groups -OCH3 is 3. The summed E-state index contributed by atoms with van der Waals surface area (Å²) in [4.78, 5) is 23.9. The first-order valence-corrected chi connectivity index (χ1v) is 7.58. The van der Waals surface area contributed by atoms with Gasteiger partial charge < -0.3 is 19.5 Å². The first-order valence-electron chi connectivity index (χ1n) is 7.58. The molecule has 0 saturated carbocycles. The van der Waals surface area contributed by atoms with Crippen LogP contribution >= 0.6 is 0 Å². The Morgan fingerprint density at radius 1 is 0.923 bits per heavy atom. The van der Waals surface area contributed by atoms with Gasteiger partial charge >= 0.3 is 11.8 Å². The van der Waals surface area contributed by atoms with Crippen molar-refractivity contribution in [3.63, 3.8) is 0 Å². The second-order valence-corrected chi connectivity index (χ2v) is 5.00. The number of anilines is 1. The molecule has 0 spiro atoms. The van der Waals surface area contributed by atoms with Crippen LogP contribution in [0.25, 0.3) is 0 Å². The lowest BCUT2D eigenvalue weighted by molar-refractivity contribution is -0.136. The zero-order valence-corrected chi connectivity index (χ0v) is 14.6. The van der Waals surface area contributed by atoms with Crippen LogP contribution in [0.5, 0.6) is 17.2 Å². The summed E-state index contributed by atoms with van der Waals surface area (Å²) < 4.78 is 15.3. The standard InChI is InChI=1S/C18H19N3O5/c1-24-13-6-4-5-12(9-13)11-19-21-18(23)17(22)20-15-10-14(25-2)7-8-16(15)26-3/h4-11H,1-3H3,(H,20,22)(H,21,23). The molecule has 2 aromatic rings. The van der Waals surface area contributed by atoms with Crippen molar-refractivity contribution in [3.05, 3.63) is 48.0 Å². The molecule has 26 heavy (non-hydrogen) atoms. The third-order valence-electron chi connectivity index (χ3n) is 3.33. The first-order chi connectivity index (χ1) is 12.6. The molecule has 2 amide bonds. The molecule has 0 aliphatic carbocycles. The fourth-order valence-electron chi connectivity index (χ4n) is 2.03. The van der Waals surface area contributed by atoms with Gasteiger partial charge in [-0.2, -0.15) is 5.10 Å². The Labute approximate surface area is 150 Å². The van der Waals surface area contributed by atoms with Crippen LogP contribution in [-0.2, 0) is 9.59 Å². The molecule has 0 bridgehead atoms.